The molecule has 0 radical (unpaired) electrons. The second kappa shape index (κ2) is 12.2. The van der Waals surface area contributed by atoms with Crippen LogP contribution in [0, 0.1) is 6.92 Å². The van der Waals surface area contributed by atoms with Crippen molar-refractivity contribution in [1.82, 2.24) is 4.98 Å². The van der Waals surface area contributed by atoms with Gasteiger partial charge in [0.1, 0.15) is 11.4 Å². The number of aryl methyl sites for hydroxylation is 1. The summed E-state index contributed by atoms with van der Waals surface area (Å²) in [4.78, 5) is 26.9. The summed E-state index contributed by atoms with van der Waals surface area (Å²) >= 11 is 0. The van der Waals surface area contributed by atoms with E-state index in [0.29, 0.717) is 24.5 Å². The van der Waals surface area contributed by atoms with Gasteiger partial charge in [-0.05, 0) is 37.5 Å². The molecule has 3 N–H and O–H groups in total. The van der Waals surface area contributed by atoms with E-state index in [4.69, 9.17) is 9.90 Å². The van der Waals surface area contributed by atoms with E-state index in [0.717, 1.165) is 12.8 Å². The molecule has 0 saturated heterocycles. The van der Waals surface area contributed by atoms with Crippen molar-refractivity contribution in [2.24, 2.45) is 0 Å². The number of carbonyl (C=O) groups is 2. The standard InChI is InChI=1S/C19H25N3O4S.C2HF3O2/c1-4-10-22(11-5-2)18-16(19(23)24)12-15(13-20-18)21-27(25,26)17-9-7-6-8-14(17)3;3-2(4,5)1(6)7/h6-9,12-13,21H,4-5,10-11H2,1-3H3,(H,23,24);(H,6,7). The first kappa shape index (κ1) is 28.7. The highest BCUT2D eigenvalue weighted by atomic mass is 32.2. The lowest BCUT2D eigenvalue weighted by atomic mass is 10.2. The van der Waals surface area contributed by atoms with Crippen LogP contribution in [0.2, 0.25) is 0 Å². The highest BCUT2D eigenvalue weighted by molar-refractivity contribution is 7.92. The van der Waals surface area contributed by atoms with E-state index in [1.54, 1.807) is 25.1 Å². The van der Waals surface area contributed by atoms with Crippen molar-refractivity contribution in [3.8, 4) is 0 Å². The third-order valence-electron chi connectivity index (χ3n) is 4.26. The van der Waals surface area contributed by atoms with Crippen molar-refractivity contribution in [2.45, 2.75) is 44.7 Å². The molecule has 188 valence electrons. The zero-order valence-corrected chi connectivity index (χ0v) is 19.6. The minimum absolute atomic E-state index is 0.0260. The zero-order chi connectivity index (χ0) is 26.1. The molecule has 0 bridgehead atoms. The highest BCUT2D eigenvalue weighted by Gasteiger charge is 2.38. The molecule has 1 heterocycles. The SMILES string of the molecule is CCCN(CCC)c1ncc(NS(=O)(=O)c2ccccc2C)cc1C(=O)O.O=C(O)C(F)(F)F. The molecule has 13 heteroatoms. The molecule has 9 nitrogen and oxygen atoms in total. The number of aromatic carboxylic acids is 1. The number of benzene rings is 1. The van der Waals surface area contributed by atoms with Gasteiger partial charge >= 0.3 is 18.1 Å². The molecule has 0 saturated carbocycles. The van der Waals surface area contributed by atoms with Crippen LogP contribution in [-0.2, 0) is 14.8 Å². The molecule has 0 fully saturated rings. The fourth-order valence-corrected chi connectivity index (χ4v) is 4.14. The molecule has 1 aromatic carbocycles. The number of carboxylic acids is 2. The highest BCUT2D eigenvalue weighted by Crippen LogP contribution is 2.25. The second-order valence-corrected chi connectivity index (χ2v) is 8.71. The number of sulfonamides is 1. The molecule has 34 heavy (non-hydrogen) atoms. The Balaban J connectivity index is 0.000000718. The van der Waals surface area contributed by atoms with Crippen LogP contribution in [0.4, 0.5) is 24.7 Å². The van der Waals surface area contributed by atoms with Crippen molar-refractivity contribution >= 4 is 33.5 Å². The molecule has 0 aliphatic heterocycles. The minimum Gasteiger partial charge on any atom is -0.478 e. The predicted octanol–water partition coefficient (Wildman–Crippen LogP) is 4.15. The number of rotatable bonds is 9. The number of nitrogens with one attached hydrogen (secondary N) is 1. The van der Waals surface area contributed by atoms with Gasteiger partial charge in [-0.1, -0.05) is 32.0 Å². The van der Waals surface area contributed by atoms with E-state index in [1.165, 1.54) is 18.3 Å². The summed E-state index contributed by atoms with van der Waals surface area (Å²) in [5, 5.41) is 16.7. The number of aliphatic carboxylic acids is 1. The molecule has 0 spiro atoms. The van der Waals surface area contributed by atoms with E-state index >= 15 is 0 Å². The fourth-order valence-electron chi connectivity index (χ4n) is 2.85. The van der Waals surface area contributed by atoms with Crippen molar-refractivity contribution in [3.63, 3.8) is 0 Å². The molecular weight excluding hydrogens is 479 g/mol. The Morgan fingerprint density at radius 2 is 1.62 bits per heavy atom. The first-order valence-electron chi connectivity index (χ1n) is 10.1. The summed E-state index contributed by atoms with van der Waals surface area (Å²) in [6.07, 6.45) is -2.03. The van der Waals surface area contributed by atoms with Crippen molar-refractivity contribution in [2.75, 3.05) is 22.7 Å². The number of hydrogen-bond acceptors (Lipinski definition) is 6. The normalized spacial score (nSPS) is 11.2. The third kappa shape index (κ3) is 8.21. The summed E-state index contributed by atoms with van der Waals surface area (Å²) in [6.45, 7) is 7.07. The number of nitrogens with zero attached hydrogens (tertiary/aromatic N) is 2. The Labute approximate surface area is 195 Å². The van der Waals surface area contributed by atoms with E-state index in [1.807, 2.05) is 18.7 Å². The van der Waals surface area contributed by atoms with Crippen molar-refractivity contribution in [3.05, 3.63) is 47.7 Å². The maximum atomic E-state index is 12.6. The molecule has 0 aliphatic rings. The van der Waals surface area contributed by atoms with Crippen LogP contribution < -0.4 is 9.62 Å². The lowest BCUT2D eigenvalue weighted by Crippen LogP contribution is -2.28. The Hall–Kier alpha value is -3.35. The average Bonchev–Trinajstić information content (AvgIpc) is 2.73. The lowest BCUT2D eigenvalue weighted by Gasteiger charge is -2.24. The predicted molar refractivity (Wildman–Crippen MR) is 120 cm³/mol. The molecule has 1 aromatic heterocycles. The van der Waals surface area contributed by atoms with Crippen LogP contribution in [0.5, 0.6) is 0 Å². The van der Waals surface area contributed by atoms with Crippen LogP contribution in [-0.4, -0.2) is 54.8 Å². The smallest absolute Gasteiger partial charge is 0.478 e. The van der Waals surface area contributed by atoms with Gasteiger partial charge in [-0.25, -0.2) is 23.0 Å². The van der Waals surface area contributed by atoms with Gasteiger partial charge in [-0.2, -0.15) is 13.2 Å². The number of anilines is 2. The second-order valence-electron chi connectivity index (χ2n) is 7.06. The Morgan fingerprint density at radius 3 is 2.06 bits per heavy atom. The summed E-state index contributed by atoms with van der Waals surface area (Å²) in [5.74, 6) is -3.55. The number of halogens is 3. The molecule has 2 rings (SSSR count). The molecular formula is C21H26F3N3O6S. The van der Waals surface area contributed by atoms with Crippen LogP contribution in [0.25, 0.3) is 0 Å². The number of alkyl halides is 3. The molecule has 0 aliphatic carbocycles. The summed E-state index contributed by atoms with van der Waals surface area (Å²) in [5.41, 5.74) is 0.694. The number of aromatic nitrogens is 1. The summed E-state index contributed by atoms with van der Waals surface area (Å²) in [6, 6.07) is 7.91. The van der Waals surface area contributed by atoms with Crippen LogP contribution >= 0.6 is 0 Å². The van der Waals surface area contributed by atoms with Gasteiger partial charge < -0.3 is 15.1 Å². The number of pyridine rings is 1. The largest absolute Gasteiger partial charge is 0.490 e. The van der Waals surface area contributed by atoms with E-state index in [2.05, 4.69) is 9.71 Å². The summed E-state index contributed by atoms with van der Waals surface area (Å²) in [7, 11) is -3.84. The Kier molecular flexibility index (Phi) is 10.3. The Bertz CT molecular complexity index is 1100. The first-order valence-corrected chi connectivity index (χ1v) is 11.6. The van der Waals surface area contributed by atoms with Gasteiger partial charge in [0, 0.05) is 13.1 Å². The fraction of sp³-hybridized carbons (Fsp3) is 0.381. The van der Waals surface area contributed by atoms with Gasteiger partial charge in [0.25, 0.3) is 10.0 Å². The molecule has 0 unspecified atom stereocenters. The van der Waals surface area contributed by atoms with Crippen molar-refractivity contribution < 1.29 is 41.4 Å². The third-order valence-corrected chi connectivity index (χ3v) is 5.80. The Morgan fingerprint density at radius 1 is 1.09 bits per heavy atom. The van der Waals surface area contributed by atoms with Gasteiger partial charge in [-0.3, -0.25) is 4.72 Å². The topological polar surface area (TPSA) is 137 Å². The first-order chi connectivity index (χ1) is 15.7. The van der Waals surface area contributed by atoms with Crippen LogP contribution in [0.3, 0.4) is 0 Å². The maximum Gasteiger partial charge on any atom is 0.490 e. The maximum absolute atomic E-state index is 12.6. The number of hydrogen-bond donors (Lipinski definition) is 3. The molecule has 0 atom stereocenters. The molecule has 0 amide bonds. The summed E-state index contributed by atoms with van der Waals surface area (Å²) < 4.78 is 59.4. The molecule has 2 aromatic rings. The quantitative estimate of drug-likeness (QED) is 0.462. The van der Waals surface area contributed by atoms with E-state index < -0.39 is 28.1 Å². The van der Waals surface area contributed by atoms with Gasteiger partial charge in [-0.15, -0.1) is 0 Å². The minimum atomic E-state index is -5.08. The van der Waals surface area contributed by atoms with Gasteiger partial charge in [0.15, 0.2) is 0 Å². The van der Waals surface area contributed by atoms with Gasteiger partial charge in [0.05, 0.1) is 16.8 Å². The zero-order valence-electron chi connectivity index (χ0n) is 18.8. The van der Waals surface area contributed by atoms with E-state index in [9.17, 15) is 31.5 Å². The monoisotopic (exact) mass is 505 g/mol. The van der Waals surface area contributed by atoms with Gasteiger partial charge in [0.2, 0.25) is 0 Å². The average molecular weight is 506 g/mol. The van der Waals surface area contributed by atoms with Crippen LogP contribution in [0.15, 0.2) is 41.4 Å². The van der Waals surface area contributed by atoms with Crippen LogP contribution in [0.1, 0.15) is 42.6 Å². The lowest BCUT2D eigenvalue weighted by molar-refractivity contribution is -0.192. The van der Waals surface area contributed by atoms with Crippen molar-refractivity contribution in [1.29, 1.82) is 0 Å². The number of carboxylic acid groups (broad SMARTS) is 2. The van der Waals surface area contributed by atoms with E-state index in [-0.39, 0.29) is 16.1 Å².